The predicted molar refractivity (Wildman–Crippen MR) is 71.2 cm³/mol. The fourth-order valence-corrected chi connectivity index (χ4v) is 2.03. The molecule has 0 unspecified atom stereocenters. The van der Waals surface area contributed by atoms with Crippen LogP contribution >= 0.6 is 0 Å². The number of rotatable bonds is 5. The summed E-state index contributed by atoms with van der Waals surface area (Å²) in [5.74, 6) is -1.02. The van der Waals surface area contributed by atoms with Gasteiger partial charge in [0.25, 0.3) is 0 Å². The first kappa shape index (κ1) is 13.3. The summed E-state index contributed by atoms with van der Waals surface area (Å²) < 4.78 is 1.69. The molecule has 0 fully saturated rings. The van der Waals surface area contributed by atoms with E-state index in [-0.39, 0.29) is 11.7 Å². The lowest BCUT2D eigenvalue weighted by molar-refractivity contribution is 0.0689. The van der Waals surface area contributed by atoms with Crippen LogP contribution in [-0.4, -0.2) is 26.1 Å². The van der Waals surface area contributed by atoms with Gasteiger partial charge in [0, 0.05) is 6.04 Å². The highest BCUT2D eigenvalue weighted by Crippen LogP contribution is 2.15. The third-order valence-electron chi connectivity index (χ3n) is 2.98. The van der Waals surface area contributed by atoms with Crippen molar-refractivity contribution in [1.29, 1.82) is 0 Å². The topological polar surface area (TPSA) is 68.0 Å². The monoisotopic (exact) mass is 259 g/mol. The lowest BCUT2D eigenvalue weighted by atomic mass is 10.1. The number of carbonyl (C=O) groups is 1. The summed E-state index contributed by atoms with van der Waals surface area (Å²) in [6.07, 6.45) is 1.40. The van der Waals surface area contributed by atoms with E-state index in [1.807, 2.05) is 44.2 Å². The third-order valence-corrected chi connectivity index (χ3v) is 2.98. The Labute approximate surface area is 111 Å². The maximum atomic E-state index is 11.2. The molecule has 0 bridgehead atoms. The van der Waals surface area contributed by atoms with Crippen LogP contribution in [0.2, 0.25) is 0 Å². The fraction of sp³-hybridized carbons (Fsp3) is 0.357. The molecule has 1 aromatic heterocycles. The van der Waals surface area contributed by atoms with Crippen molar-refractivity contribution in [2.75, 3.05) is 0 Å². The quantitative estimate of drug-likeness (QED) is 0.894. The molecule has 2 rings (SSSR count). The van der Waals surface area contributed by atoms with E-state index in [4.69, 9.17) is 5.11 Å². The van der Waals surface area contributed by atoms with E-state index in [0.717, 1.165) is 6.42 Å². The van der Waals surface area contributed by atoms with Gasteiger partial charge in [-0.15, -0.1) is 5.10 Å². The van der Waals surface area contributed by atoms with Crippen LogP contribution in [0.5, 0.6) is 0 Å². The average Bonchev–Trinajstić information content (AvgIpc) is 2.81. The van der Waals surface area contributed by atoms with Crippen LogP contribution in [0.15, 0.2) is 30.3 Å². The lowest BCUT2D eigenvalue weighted by Gasteiger charge is -2.10. The van der Waals surface area contributed by atoms with Gasteiger partial charge >= 0.3 is 5.97 Å². The standard InChI is InChI=1S/C14H17N3O2/c1-10(2)17-12(13(14(18)19)15-16-17)9-8-11-6-4-3-5-7-11/h3-7,10H,8-9H2,1-2H3,(H,18,19). The van der Waals surface area contributed by atoms with Gasteiger partial charge in [-0.05, 0) is 32.3 Å². The van der Waals surface area contributed by atoms with E-state index in [9.17, 15) is 4.79 Å². The van der Waals surface area contributed by atoms with E-state index >= 15 is 0 Å². The molecule has 0 spiro atoms. The number of aromatic carboxylic acids is 1. The number of aromatic nitrogens is 3. The van der Waals surface area contributed by atoms with Crippen LogP contribution in [0.4, 0.5) is 0 Å². The summed E-state index contributed by atoms with van der Waals surface area (Å²) in [6, 6.07) is 10.1. The van der Waals surface area contributed by atoms with Gasteiger partial charge < -0.3 is 5.11 Å². The Bertz CT molecular complexity index is 561. The number of carboxylic acids is 1. The number of benzene rings is 1. The minimum atomic E-state index is -1.02. The number of hydrogen-bond donors (Lipinski definition) is 1. The summed E-state index contributed by atoms with van der Waals surface area (Å²) in [5.41, 5.74) is 1.92. The van der Waals surface area contributed by atoms with Crippen molar-refractivity contribution in [2.45, 2.75) is 32.7 Å². The average molecular weight is 259 g/mol. The van der Waals surface area contributed by atoms with Gasteiger partial charge in [-0.2, -0.15) is 0 Å². The minimum absolute atomic E-state index is 0.0598. The Morgan fingerprint density at radius 1 is 1.26 bits per heavy atom. The highest BCUT2D eigenvalue weighted by molar-refractivity contribution is 5.86. The Kier molecular flexibility index (Phi) is 3.94. The first-order chi connectivity index (χ1) is 9.09. The SMILES string of the molecule is CC(C)n1nnc(C(=O)O)c1CCc1ccccc1. The molecule has 0 amide bonds. The van der Waals surface area contributed by atoms with Crippen LogP contribution in [0.1, 0.15) is 41.6 Å². The van der Waals surface area contributed by atoms with Gasteiger partial charge in [-0.3, -0.25) is 0 Å². The molecule has 1 N–H and O–H groups in total. The van der Waals surface area contributed by atoms with Crippen molar-refractivity contribution in [1.82, 2.24) is 15.0 Å². The second-order valence-corrected chi connectivity index (χ2v) is 4.71. The van der Waals surface area contributed by atoms with Gasteiger partial charge in [0.1, 0.15) is 0 Å². The van der Waals surface area contributed by atoms with E-state index in [1.165, 1.54) is 5.56 Å². The second kappa shape index (κ2) is 5.65. The highest BCUT2D eigenvalue weighted by Gasteiger charge is 2.19. The summed E-state index contributed by atoms with van der Waals surface area (Å²) in [5, 5.41) is 16.8. The van der Waals surface area contributed by atoms with E-state index in [0.29, 0.717) is 12.1 Å². The van der Waals surface area contributed by atoms with E-state index in [1.54, 1.807) is 4.68 Å². The maximum Gasteiger partial charge on any atom is 0.358 e. The first-order valence-electron chi connectivity index (χ1n) is 6.31. The van der Waals surface area contributed by atoms with Gasteiger partial charge in [0.2, 0.25) is 0 Å². The van der Waals surface area contributed by atoms with Gasteiger partial charge in [-0.1, -0.05) is 35.5 Å². The smallest absolute Gasteiger partial charge is 0.358 e. The molecule has 0 radical (unpaired) electrons. The van der Waals surface area contributed by atoms with Crippen LogP contribution < -0.4 is 0 Å². The molecule has 100 valence electrons. The van der Waals surface area contributed by atoms with Crippen molar-refractivity contribution in [3.63, 3.8) is 0 Å². The Morgan fingerprint density at radius 3 is 2.53 bits per heavy atom. The Morgan fingerprint density at radius 2 is 1.95 bits per heavy atom. The minimum Gasteiger partial charge on any atom is -0.476 e. The largest absolute Gasteiger partial charge is 0.476 e. The van der Waals surface area contributed by atoms with Crippen LogP contribution in [0.3, 0.4) is 0 Å². The Balaban J connectivity index is 2.23. The maximum absolute atomic E-state index is 11.2. The fourth-order valence-electron chi connectivity index (χ4n) is 2.03. The zero-order valence-corrected chi connectivity index (χ0v) is 11.1. The normalized spacial score (nSPS) is 10.9. The molecule has 19 heavy (non-hydrogen) atoms. The lowest BCUT2D eigenvalue weighted by Crippen LogP contribution is -2.11. The molecule has 5 heteroatoms. The summed E-state index contributed by atoms with van der Waals surface area (Å²) in [4.78, 5) is 11.2. The molecule has 5 nitrogen and oxygen atoms in total. The molecule has 0 aliphatic rings. The highest BCUT2D eigenvalue weighted by atomic mass is 16.4. The number of hydrogen-bond acceptors (Lipinski definition) is 3. The van der Waals surface area contributed by atoms with Crippen molar-refractivity contribution in [3.8, 4) is 0 Å². The molecule has 0 aliphatic heterocycles. The molecule has 1 aromatic carbocycles. The zero-order chi connectivity index (χ0) is 13.8. The molecule has 0 saturated heterocycles. The van der Waals surface area contributed by atoms with E-state index in [2.05, 4.69) is 10.3 Å². The van der Waals surface area contributed by atoms with E-state index < -0.39 is 5.97 Å². The summed E-state index contributed by atoms with van der Waals surface area (Å²) in [7, 11) is 0. The summed E-state index contributed by atoms with van der Waals surface area (Å²) >= 11 is 0. The second-order valence-electron chi connectivity index (χ2n) is 4.71. The zero-order valence-electron chi connectivity index (χ0n) is 11.1. The van der Waals surface area contributed by atoms with Crippen LogP contribution in [0, 0.1) is 0 Å². The number of nitrogens with zero attached hydrogens (tertiary/aromatic N) is 3. The first-order valence-corrected chi connectivity index (χ1v) is 6.31. The van der Waals surface area contributed by atoms with Crippen molar-refractivity contribution in [3.05, 3.63) is 47.3 Å². The van der Waals surface area contributed by atoms with Gasteiger partial charge in [-0.25, -0.2) is 9.48 Å². The van der Waals surface area contributed by atoms with Gasteiger partial charge in [0.15, 0.2) is 5.69 Å². The van der Waals surface area contributed by atoms with Crippen molar-refractivity contribution < 1.29 is 9.90 Å². The van der Waals surface area contributed by atoms with Crippen LogP contribution in [-0.2, 0) is 12.8 Å². The molecule has 2 aromatic rings. The third kappa shape index (κ3) is 2.99. The van der Waals surface area contributed by atoms with Crippen LogP contribution in [0.25, 0.3) is 0 Å². The molecular formula is C14H17N3O2. The molecular weight excluding hydrogens is 242 g/mol. The molecule has 1 heterocycles. The summed E-state index contributed by atoms with van der Waals surface area (Å²) in [6.45, 7) is 3.93. The molecule has 0 aliphatic carbocycles. The molecule has 0 atom stereocenters. The number of carboxylic acid groups (broad SMARTS) is 1. The van der Waals surface area contributed by atoms with Gasteiger partial charge in [0.05, 0.1) is 5.69 Å². The Hall–Kier alpha value is -2.17. The van der Waals surface area contributed by atoms with Crippen molar-refractivity contribution >= 4 is 5.97 Å². The van der Waals surface area contributed by atoms with Crippen molar-refractivity contribution in [2.24, 2.45) is 0 Å². The molecule has 0 saturated carbocycles. The number of aryl methyl sites for hydroxylation is 1. The predicted octanol–water partition coefficient (Wildman–Crippen LogP) is 2.34.